The van der Waals surface area contributed by atoms with Gasteiger partial charge in [0, 0.05) is 50.4 Å². The van der Waals surface area contributed by atoms with Crippen molar-refractivity contribution in [2.45, 2.75) is 71.4 Å². The van der Waals surface area contributed by atoms with E-state index in [1.807, 2.05) is 24.8 Å². The number of fused-ring (bicyclic) bond motifs is 2. The number of aromatic hydroxyl groups is 2. The minimum atomic E-state index is -0.952. The van der Waals surface area contributed by atoms with Gasteiger partial charge in [-0.15, -0.1) is 0 Å². The van der Waals surface area contributed by atoms with E-state index in [9.17, 15) is 25.2 Å². The van der Waals surface area contributed by atoms with E-state index in [1.165, 1.54) is 13.2 Å². The summed E-state index contributed by atoms with van der Waals surface area (Å²) in [4.78, 5) is 15.0. The van der Waals surface area contributed by atoms with Gasteiger partial charge in [0.2, 0.25) is 0 Å². The third-order valence-corrected chi connectivity index (χ3v) is 7.76. The number of phenols is 2. The van der Waals surface area contributed by atoms with Crippen LogP contribution >= 0.6 is 0 Å². The number of rotatable bonds is 3. The number of allylic oxidation sites excluding steroid dienone is 2. The van der Waals surface area contributed by atoms with Gasteiger partial charge in [-0.2, -0.15) is 0 Å². The lowest BCUT2D eigenvalue weighted by molar-refractivity contribution is -0.112. The molecule has 0 spiro atoms. The van der Waals surface area contributed by atoms with Crippen LogP contribution in [-0.2, 0) is 20.7 Å². The Morgan fingerprint density at radius 3 is 2.36 bits per heavy atom. The molecule has 0 aromatic heterocycles. The number of aliphatic hydroxyl groups is 2. The Morgan fingerprint density at radius 1 is 1.08 bits per heavy atom. The van der Waals surface area contributed by atoms with Crippen LogP contribution in [0.1, 0.15) is 46.1 Å². The van der Waals surface area contributed by atoms with Gasteiger partial charge in [-0.3, -0.25) is 4.79 Å². The van der Waals surface area contributed by atoms with Gasteiger partial charge >= 0.3 is 0 Å². The normalized spacial score (nSPS) is 32.8. The van der Waals surface area contributed by atoms with Crippen molar-refractivity contribution in [2.75, 3.05) is 37.5 Å². The zero-order valence-corrected chi connectivity index (χ0v) is 23.8. The second-order valence-electron chi connectivity index (χ2n) is 10.9. The van der Waals surface area contributed by atoms with E-state index in [4.69, 9.17) is 9.47 Å². The minimum Gasteiger partial charge on any atom is -0.506 e. The summed E-state index contributed by atoms with van der Waals surface area (Å²) >= 11 is 0. The first kappa shape index (κ1) is 30.7. The number of ether oxygens (including phenoxy) is 2. The Labute approximate surface area is 231 Å². The van der Waals surface area contributed by atoms with Gasteiger partial charge in [-0.05, 0) is 44.6 Å². The molecule has 2 aliphatic heterocycles. The van der Waals surface area contributed by atoms with Crippen LogP contribution in [0.4, 0.5) is 11.4 Å². The predicted molar refractivity (Wildman–Crippen MR) is 152 cm³/mol. The maximum absolute atomic E-state index is 12.9. The van der Waals surface area contributed by atoms with E-state index in [1.54, 1.807) is 39.2 Å². The molecule has 0 aliphatic carbocycles. The molecule has 2 bridgehead atoms. The lowest BCUT2D eigenvalue weighted by atomic mass is 9.87. The number of amides is 1. The number of benzene rings is 1. The third kappa shape index (κ3) is 7.22. The fraction of sp³-hybridized carbons (Fsp3) is 0.567. The average molecular weight is 545 g/mol. The second kappa shape index (κ2) is 13.5. The molecule has 0 unspecified atom stereocenters. The number of nitrogens with zero attached hydrogens (tertiary/aromatic N) is 1. The molecule has 0 radical (unpaired) electrons. The molecule has 1 amide bonds. The van der Waals surface area contributed by atoms with E-state index in [-0.39, 0.29) is 29.0 Å². The number of aliphatic hydroxyl groups excluding tert-OH is 2. The molecular formula is C30H44N2O7. The van der Waals surface area contributed by atoms with Crippen LogP contribution in [-0.4, -0.2) is 78.1 Å². The molecule has 216 valence electrons. The van der Waals surface area contributed by atoms with Crippen LogP contribution in [0.3, 0.4) is 0 Å². The minimum absolute atomic E-state index is 0.00750. The highest BCUT2D eigenvalue weighted by atomic mass is 16.5. The van der Waals surface area contributed by atoms with Crippen molar-refractivity contribution in [1.29, 1.82) is 0 Å². The van der Waals surface area contributed by atoms with Crippen LogP contribution in [0.25, 0.3) is 0 Å². The Bertz CT molecular complexity index is 1110. The van der Waals surface area contributed by atoms with Crippen molar-refractivity contribution < 1.29 is 34.7 Å². The summed E-state index contributed by atoms with van der Waals surface area (Å²) in [5.41, 5.74) is 2.26. The number of anilines is 2. The van der Waals surface area contributed by atoms with Crippen molar-refractivity contribution >= 4 is 17.3 Å². The quantitative estimate of drug-likeness (QED) is 0.221. The van der Waals surface area contributed by atoms with Crippen molar-refractivity contribution in [3.05, 3.63) is 47.1 Å². The summed E-state index contributed by atoms with van der Waals surface area (Å²) in [6, 6.07) is 1.38. The van der Waals surface area contributed by atoms with Crippen molar-refractivity contribution in [3.63, 3.8) is 0 Å². The van der Waals surface area contributed by atoms with Gasteiger partial charge in [-0.25, -0.2) is 0 Å². The molecule has 9 heteroatoms. The van der Waals surface area contributed by atoms with E-state index in [0.29, 0.717) is 35.2 Å². The number of hydrogen-bond acceptors (Lipinski definition) is 8. The highest BCUT2D eigenvalue weighted by molar-refractivity contribution is 6.05. The molecule has 2 heterocycles. The van der Waals surface area contributed by atoms with Crippen LogP contribution in [0, 0.1) is 11.8 Å². The molecule has 1 saturated heterocycles. The topological polar surface area (TPSA) is 132 Å². The van der Waals surface area contributed by atoms with E-state index >= 15 is 0 Å². The fourth-order valence-corrected chi connectivity index (χ4v) is 5.22. The lowest BCUT2D eigenvalue weighted by Gasteiger charge is -2.36. The third-order valence-electron chi connectivity index (χ3n) is 7.76. The highest BCUT2D eigenvalue weighted by Gasteiger charge is 2.30. The van der Waals surface area contributed by atoms with Gasteiger partial charge in [-0.1, -0.05) is 38.2 Å². The number of phenolic OH excluding ortho intramolecular Hbond substituents is 2. The fourth-order valence-electron chi connectivity index (χ4n) is 5.22. The summed E-state index contributed by atoms with van der Waals surface area (Å²) in [6.07, 6.45) is 5.60. The molecule has 1 aromatic rings. The smallest absolute Gasteiger partial charge is 0.251 e. The molecule has 1 fully saturated rings. The number of hydrogen-bond donors (Lipinski definition) is 5. The second-order valence-corrected chi connectivity index (χ2v) is 10.9. The summed E-state index contributed by atoms with van der Waals surface area (Å²) in [7, 11) is 3.04. The molecule has 5 N–H and O–H groups in total. The van der Waals surface area contributed by atoms with E-state index < -0.39 is 30.3 Å². The molecule has 2 aliphatic rings. The number of carbonyl (C=O) groups excluding carboxylic acids is 1. The molecule has 6 atom stereocenters. The Kier molecular flexibility index (Phi) is 10.6. The Balaban J connectivity index is 2.07. The van der Waals surface area contributed by atoms with E-state index in [2.05, 4.69) is 5.32 Å². The molecule has 3 rings (SSSR count). The maximum Gasteiger partial charge on any atom is 0.251 e. The van der Waals surface area contributed by atoms with Crippen molar-refractivity contribution in [1.82, 2.24) is 0 Å². The first-order chi connectivity index (χ1) is 18.5. The molecule has 0 saturated carbocycles. The molecule has 9 nitrogen and oxygen atoms in total. The molecule has 1 aromatic carbocycles. The van der Waals surface area contributed by atoms with Crippen molar-refractivity contribution in [2.24, 2.45) is 11.8 Å². The highest BCUT2D eigenvalue weighted by Crippen LogP contribution is 2.45. The number of carbonyl (C=O) groups is 1. The molecular weight excluding hydrogens is 500 g/mol. The van der Waals surface area contributed by atoms with Gasteiger partial charge in [0.15, 0.2) is 0 Å². The van der Waals surface area contributed by atoms with Crippen LogP contribution < -0.4 is 10.2 Å². The Hall–Kier alpha value is -2.85. The zero-order chi connectivity index (χ0) is 28.9. The van der Waals surface area contributed by atoms with Crippen LogP contribution in [0.15, 0.2) is 41.5 Å². The first-order valence-corrected chi connectivity index (χ1v) is 13.6. The number of nitrogens with one attached hydrogen (secondary N) is 1. The zero-order valence-electron chi connectivity index (χ0n) is 23.8. The predicted octanol–water partition coefficient (Wildman–Crippen LogP) is 3.67. The van der Waals surface area contributed by atoms with Crippen molar-refractivity contribution in [3.8, 4) is 11.5 Å². The lowest BCUT2D eigenvalue weighted by Crippen LogP contribution is -2.38. The largest absolute Gasteiger partial charge is 0.506 e. The van der Waals surface area contributed by atoms with Gasteiger partial charge in [0.05, 0.1) is 23.6 Å². The van der Waals surface area contributed by atoms with E-state index in [0.717, 1.165) is 19.5 Å². The summed E-state index contributed by atoms with van der Waals surface area (Å²) < 4.78 is 11.1. The van der Waals surface area contributed by atoms with Crippen LogP contribution in [0.2, 0.25) is 0 Å². The average Bonchev–Trinajstić information content (AvgIpc) is 2.87. The summed E-state index contributed by atoms with van der Waals surface area (Å²) in [6.45, 7) is 8.83. The monoisotopic (exact) mass is 544 g/mol. The molecule has 39 heavy (non-hydrogen) atoms. The summed E-state index contributed by atoms with van der Waals surface area (Å²) in [5, 5.41) is 47.0. The standard InChI is InChI=1S/C30H44N2O7/c1-17-13-21-26(32-11-8-12-32)23(33)16-22(29(21)36)31-30(37)18(2)9-7-10-24(38-5)27(34)19(3)15-20(4)28(35)25(14-17)39-6/h7,9-10,15-17,20,24-25,27-28,33-36H,8,11-14H2,1-6H3,(H,31,37)/b10-7-,18-9+,19-15+/t17-,20+,24+,25+,27+,28-/m1/s1. The number of methoxy groups -OCH3 is 2. The first-order valence-electron chi connectivity index (χ1n) is 13.6. The van der Waals surface area contributed by atoms with Gasteiger partial charge in [0.25, 0.3) is 5.91 Å². The SMILES string of the molecule is CO[C@H]1/C=C\C=C(/C)C(=O)Nc2cc(O)c(N3CCC3)c(c2O)C[C@@H](C)C[C@H](OC)[C@H](O)[C@@H](C)/C=C(\C)[C@@H]1O. The maximum atomic E-state index is 12.9. The van der Waals surface area contributed by atoms with Crippen LogP contribution in [0.5, 0.6) is 11.5 Å². The van der Waals surface area contributed by atoms with Gasteiger partial charge in [0.1, 0.15) is 23.7 Å². The Morgan fingerprint density at radius 2 is 1.77 bits per heavy atom. The van der Waals surface area contributed by atoms with Gasteiger partial charge < -0.3 is 40.1 Å². The summed E-state index contributed by atoms with van der Waals surface area (Å²) in [5.74, 6) is -0.895.